The minimum absolute atomic E-state index is 0.00534. The van der Waals surface area contributed by atoms with Crippen molar-refractivity contribution in [3.63, 3.8) is 0 Å². The van der Waals surface area contributed by atoms with Crippen LogP contribution in [0.5, 0.6) is 5.75 Å². The van der Waals surface area contributed by atoms with E-state index in [1.54, 1.807) is 20.8 Å². The van der Waals surface area contributed by atoms with E-state index >= 15 is 0 Å². The number of carbonyl (C=O) groups is 5. The van der Waals surface area contributed by atoms with Crippen LogP contribution in [0, 0.1) is 11.3 Å². The molecule has 0 unspecified atom stereocenters. The molecule has 0 amide bonds. The third-order valence-electron chi connectivity index (χ3n) is 11.5. The van der Waals surface area contributed by atoms with Crippen molar-refractivity contribution in [3.8, 4) is 16.9 Å². The highest BCUT2D eigenvalue weighted by atomic mass is 16.6. The molecule has 2 aromatic carbocycles. The fourth-order valence-electron chi connectivity index (χ4n) is 7.45. The lowest BCUT2D eigenvalue weighted by molar-refractivity contribution is -0.163. The maximum atomic E-state index is 12.4. The molecule has 1 aliphatic carbocycles. The third kappa shape index (κ3) is 14.9. The Balaban J connectivity index is 1.86. The number of benzene rings is 2. The number of hydrogen-bond donors (Lipinski definition) is 0. The Kier molecular flexibility index (Phi) is 20.2. The van der Waals surface area contributed by atoms with Gasteiger partial charge >= 0.3 is 17.9 Å². The van der Waals surface area contributed by atoms with Gasteiger partial charge in [-0.15, -0.1) is 0 Å². The summed E-state index contributed by atoms with van der Waals surface area (Å²) in [6.45, 7) is 14.4. The second-order valence-electron chi connectivity index (χ2n) is 15.9. The monoisotopic (exact) mass is 788 g/mol. The van der Waals surface area contributed by atoms with Gasteiger partial charge in [-0.1, -0.05) is 104 Å². The first-order valence-corrected chi connectivity index (χ1v) is 21.5. The predicted molar refractivity (Wildman–Crippen MR) is 224 cm³/mol. The topological polar surface area (TPSA) is 122 Å². The summed E-state index contributed by atoms with van der Waals surface area (Å²) in [5.41, 5.74) is 5.10. The number of aryl methyl sites for hydroxylation is 2. The van der Waals surface area contributed by atoms with E-state index in [-0.39, 0.29) is 39.3 Å². The van der Waals surface area contributed by atoms with E-state index < -0.39 is 34.9 Å². The van der Waals surface area contributed by atoms with Gasteiger partial charge in [0.1, 0.15) is 25.6 Å². The molecule has 9 heteroatoms. The van der Waals surface area contributed by atoms with Crippen LogP contribution in [0.2, 0.25) is 0 Å². The smallest absolute Gasteiger partial charge is 0.374 e. The Morgan fingerprint density at radius 1 is 0.702 bits per heavy atom. The SMILES string of the molecule is C=C(C)C(=O)OCCCc1cc(-c2ccc(C3CCC(CCCCCCC)CC3)cc2CC)ccc1OCC(CC)(COC(=O)C(=O)CC)COC(=O)C(=O)CC. The van der Waals surface area contributed by atoms with Gasteiger partial charge in [0.05, 0.1) is 12.0 Å². The first-order chi connectivity index (χ1) is 27.4. The first-order valence-electron chi connectivity index (χ1n) is 21.5. The van der Waals surface area contributed by atoms with Crippen molar-refractivity contribution in [1.82, 2.24) is 0 Å². The van der Waals surface area contributed by atoms with Crippen LogP contribution in [-0.4, -0.2) is 55.9 Å². The Hall–Kier alpha value is -4.27. The molecule has 9 nitrogen and oxygen atoms in total. The van der Waals surface area contributed by atoms with E-state index in [0.717, 1.165) is 29.0 Å². The summed E-state index contributed by atoms with van der Waals surface area (Å²) < 4.78 is 22.7. The van der Waals surface area contributed by atoms with E-state index in [0.29, 0.717) is 36.5 Å². The fraction of sp³-hybridized carbons (Fsp3) is 0.604. The number of unbranched alkanes of at least 4 members (excludes halogenated alkanes) is 4. The summed E-state index contributed by atoms with van der Waals surface area (Å²) in [5, 5.41) is 0. The second-order valence-corrected chi connectivity index (χ2v) is 15.9. The van der Waals surface area contributed by atoms with Gasteiger partial charge in [0.15, 0.2) is 0 Å². The molecular formula is C48H68O9. The molecule has 1 fully saturated rings. The maximum Gasteiger partial charge on any atom is 0.374 e. The molecule has 0 radical (unpaired) electrons. The first kappa shape index (κ1) is 47.1. The van der Waals surface area contributed by atoms with Crippen LogP contribution in [0.3, 0.4) is 0 Å². The lowest BCUT2D eigenvalue weighted by Crippen LogP contribution is -2.40. The van der Waals surface area contributed by atoms with Crippen molar-refractivity contribution in [2.24, 2.45) is 11.3 Å². The molecule has 0 spiro atoms. The van der Waals surface area contributed by atoms with Crippen molar-refractivity contribution >= 4 is 29.5 Å². The number of ether oxygens (including phenoxy) is 4. The molecule has 57 heavy (non-hydrogen) atoms. The Morgan fingerprint density at radius 2 is 1.35 bits per heavy atom. The quantitative estimate of drug-likeness (QED) is 0.0301. The van der Waals surface area contributed by atoms with Crippen LogP contribution in [0.1, 0.15) is 154 Å². The summed E-state index contributed by atoms with van der Waals surface area (Å²) in [7, 11) is 0. The van der Waals surface area contributed by atoms with Crippen molar-refractivity contribution in [2.75, 3.05) is 26.4 Å². The average Bonchev–Trinajstić information content (AvgIpc) is 3.24. The van der Waals surface area contributed by atoms with Crippen molar-refractivity contribution in [3.05, 3.63) is 65.2 Å². The molecule has 2 aromatic rings. The Bertz CT molecular complexity index is 1620. The standard InChI is InChI=1S/C48H68O9/c1-8-13-14-15-16-18-35-20-22-37(23-21-35)38-24-26-41(36(9-2)29-38)39-25-27-44(40(30-39)19-17-28-54-45(51)34(6)7)55-31-48(12-5,32-56-46(52)42(49)10-3)33-57-47(53)43(50)11-4/h24-27,29-30,35,37H,6,8-23,28,31-33H2,1-5,7H3. The van der Waals surface area contributed by atoms with Crippen LogP contribution in [0.15, 0.2) is 48.6 Å². The Morgan fingerprint density at radius 3 is 1.93 bits per heavy atom. The normalized spacial score (nSPS) is 15.4. The summed E-state index contributed by atoms with van der Waals surface area (Å²) in [5.74, 6) is -1.70. The molecule has 0 bridgehead atoms. The molecule has 0 atom stereocenters. The van der Waals surface area contributed by atoms with E-state index in [1.165, 1.54) is 75.3 Å². The number of rotatable bonds is 26. The highest BCUT2D eigenvalue weighted by Gasteiger charge is 2.35. The molecule has 1 saturated carbocycles. The highest BCUT2D eigenvalue weighted by molar-refractivity contribution is 6.33. The van der Waals surface area contributed by atoms with E-state index in [1.807, 2.05) is 19.1 Å². The number of carbonyl (C=O) groups excluding carboxylic acids is 5. The molecule has 0 saturated heterocycles. The van der Waals surface area contributed by atoms with Gasteiger partial charge in [-0.2, -0.15) is 0 Å². The second kappa shape index (κ2) is 24.5. The van der Waals surface area contributed by atoms with Gasteiger partial charge in [-0.3, -0.25) is 9.59 Å². The molecule has 0 heterocycles. The van der Waals surface area contributed by atoms with Gasteiger partial charge in [0.2, 0.25) is 11.6 Å². The van der Waals surface area contributed by atoms with Gasteiger partial charge in [0, 0.05) is 18.4 Å². The zero-order chi connectivity index (χ0) is 41.8. The zero-order valence-corrected chi connectivity index (χ0v) is 35.6. The molecule has 3 rings (SSSR count). The average molecular weight is 789 g/mol. The van der Waals surface area contributed by atoms with Crippen molar-refractivity contribution in [2.45, 2.75) is 150 Å². The molecule has 0 aliphatic heterocycles. The van der Waals surface area contributed by atoms with Crippen molar-refractivity contribution in [1.29, 1.82) is 0 Å². The van der Waals surface area contributed by atoms with Crippen LogP contribution < -0.4 is 4.74 Å². The number of Topliss-reactive ketones (excluding diaryl/α,β-unsaturated/α-hetero) is 2. The number of ketones is 2. The van der Waals surface area contributed by atoms with Crippen LogP contribution >= 0.6 is 0 Å². The van der Waals surface area contributed by atoms with E-state index in [9.17, 15) is 24.0 Å². The van der Waals surface area contributed by atoms with Crippen LogP contribution in [-0.2, 0) is 51.0 Å². The van der Waals surface area contributed by atoms with E-state index in [2.05, 4.69) is 44.7 Å². The third-order valence-corrected chi connectivity index (χ3v) is 11.5. The lowest BCUT2D eigenvalue weighted by Gasteiger charge is -2.31. The van der Waals surface area contributed by atoms with Gasteiger partial charge in [0.25, 0.3) is 0 Å². The molecule has 1 aliphatic rings. The minimum atomic E-state index is -1.04. The highest BCUT2D eigenvalue weighted by Crippen LogP contribution is 2.40. The zero-order valence-electron chi connectivity index (χ0n) is 35.6. The number of esters is 3. The molecule has 0 N–H and O–H groups in total. The molecule has 0 aromatic heterocycles. The summed E-state index contributed by atoms with van der Waals surface area (Å²) >= 11 is 0. The van der Waals surface area contributed by atoms with Crippen molar-refractivity contribution < 1.29 is 42.9 Å². The lowest BCUT2D eigenvalue weighted by atomic mass is 9.76. The van der Waals surface area contributed by atoms with E-state index in [4.69, 9.17) is 18.9 Å². The number of hydrogen-bond acceptors (Lipinski definition) is 9. The largest absolute Gasteiger partial charge is 0.492 e. The maximum absolute atomic E-state index is 12.4. The fourth-order valence-corrected chi connectivity index (χ4v) is 7.45. The summed E-state index contributed by atoms with van der Waals surface area (Å²) in [4.78, 5) is 60.9. The van der Waals surface area contributed by atoms with Gasteiger partial charge in [-0.25, -0.2) is 14.4 Å². The molecule has 314 valence electrons. The predicted octanol–water partition coefficient (Wildman–Crippen LogP) is 10.4. The van der Waals surface area contributed by atoms with Crippen LogP contribution in [0.4, 0.5) is 0 Å². The minimum Gasteiger partial charge on any atom is -0.492 e. The Labute approximate surface area is 341 Å². The van der Waals surface area contributed by atoms with Gasteiger partial charge < -0.3 is 18.9 Å². The van der Waals surface area contributed by atoms with Crippen LogP contribution in [0.25, 0.3) is 11.1 Å². The summed E-state index contributed by atoms with van der Waals surface area (Å²) in [6, 6.07) is 13.0. The van der Waals surface area contributed by atoms with Gasteiger partial charge in [-0.05, 0) is 110 Å². The summed E-state index contributed by atoms with van der Waals surface area (Å²) in [6.07, 6.45) is 15.5. The molecular weight excluding hydrogens is 721 g/mol.